The summed E-state index contributed by atoms with van der Waals surface area (Å²) in [4.78, 5) is 40.2. The van der Waals surface area contributed by atoms with Gasteiger partial charge in [-0.3, -0.25) is 14.4 Å². The van der Waals surface area contributed by atoms with Gasteiger partial charge in [-0.2, -0.15) is 0 Å². The van der Waals surface area contributed by atoms with Crippen molar-refractivity contribution >= 4 is 34.2 Å². The van der Waals surface area contributed by atoms with Crippen LogP contribution >= 0.6 is 0 Å². The lowest BCUT2D eigenvalue weighted by Crippen LogP contribution is -2.42. The summed E-state index contributed by atoms with van der Waals surface area (Å²) in [5, 5.41) is 3.19. The number of amides is 2. The Morgan fingerprint density at radius 3 is 2.64 bits per heavy atom. The van der Waals surface area contributed by atoms with Crippen LogP contribution in [0, 0.1) is 11.3 Å². The molecule has 33 heavy (non-hydrogen) atoms. The second kappa shape index (κ2) is 8.73. The summed E-state index contributed by atoms with van der Waals surface area (Å²) in [6, 6.07) is 13.1. The van der Waals surface area contributed by atoms with Crippen LogP contribution in [0.4, 0.5) is 11.4 Å². The number of fused-ring (bicyclic) bond motifs is 2. The Bertz CT molecular complexity index is 1280. The standard InChI is InChI=1S/C26H28N2O5/c1-16(2)11-12-28-19-13-17(9-10-22(19)32-15-26(3,4)25(28)31)27-24(30)23-14-20(29)18-7-5-6-8-21(18)33-23/h5-10,13-14,16H,11-12,15H2,1-4H3,(H,27,30). The Morgan fingerprint density at radius 2 is 1.88 bits per heavy atom. The minimum absolute atomic E-state index is 0.0223. The van der Waals surface area contributed by atoms with Crippen molar-refractivity contribution < 1.29 is 18.7 Å². The number of benzene rings is 2. The maximum Gasteiger partial charge on any atom is 0.291 e. The summed E-state index contributed by atoms with van der Waals surface area (Å²) in [6.45, 7) is 8.78. The highest BCUT2D eigenvalue weighted by Crippen LogP contribution is 2.38. The van der Waals surface area contributed by atoms with Gasteiger partial charge in [0.1, 0.15) is 17.9 Å². The van der Waals surface area contributed by atoms with Gasteiger partial charge in [0.25, 0.3) is 5.91 Å². The molecule has 2 heterocycles. The molecule has 7 heteroatoms. The van der Waals surface area contributed by atoms with Crippen LogP contribution in [0.25, 0.3) is 11.0 Å². The quantitative estimate of drug-likeness (QED) is 0.603. The van der Waals surface area contributed by atoms with E-state index in [-0.39, 0.29) is 23.7 Å². The minimum Gasteiger partial charge on any atom is -0.490 e. The van der Waals surface area contributed by atoms with Gasteiger partial charge in [0, 0.05) is 18.3 Å². The van der Waals surface area contributed by atoms with Gasteiger partial charge in [0.2, 0.25) is 5.91 Å². The number of para-hydroxylation sites is 1. The van der Waals surface area contributed by atoms with E-state index in [1.54, 1.807) is 47.4 Å². The van der Waals surface area contributed by atoms with Crippen LogP contribution in [0.2, 0.25) is 0 Å². The molecule has 0 saturated heterocycles. The molecule has 0 aliphatic carbocycles. The van der Waals surface area contributed by atoms with E-state index in [1.807, 2.05) is 13.8 Å². The summed E-state index contributed by atoms with van der Waals surface area (Å²) in [7, 11) is 0. The van der Waals surface area contributed by atoms with Gasteiger partial charge in [0.15, 0.2) is 11.2 Å². The van der Waals surface area contributed by atoms with E-state index < -0.39 is 11.3 Å². The number of ether oxygens (including phenoxy) is 1. The Labute approximate surface area is 192 Å². The molecule has 0 bridgehead atoms. The zero-order valence-corrected chi connectivity index (χ0v) is 19.3. The summed E-state index contributed by atoms with van der Waals surface area (Å²) in [5.41, 5.74) is 0.473. The van der Waals surface area contributed by atoms with E-state index in [9.17, 15) is 14.4 Å². The number of hydrogen-bond donors (Lipinski definition) is 1. The van der Waals surface area contributed by atoms with Crippen molar-refractivity contribution in [3.05, 3.63) is 64.5 Å². The van der Waals surface area contributed by atoms with Crippen LogP contribution in [-0.2, 0) is 4.79 Å². The molecule has 0 saturated carbocycles. The molecule has 1 aliphatic heterocycles. The van der Waals surface area contributed by atoms with E-state index >= 15 is 0 Å². The van der Waals surface area contributed by atoms with Crippen LogP contribution in [0.3, 0.4) is 0 Å². The van der Waals surface area contributed by atoms with E-state index in [0.29, 0.717) is 40.6 Å². The fourth-order valence-corrected chi connectivity index (χ4v) is 3.74. The Kier molecular flexibility index (Phi) is 5.97. The van der Waals surface area contributed by atoms with E-state index in [4.69, 9.17) is 9.15 Å². The molecule has 4 rings (SSSR count). The maximum atomic E-state index is 13.3. The number of nitrogens with one attached hydrogen (secondary N) is 1. The normalized spacial score (nSPS) is 15.2. The molecular formula is C26H28N2O5. The minimum atomic E-state index is -0.673. The SMILES string of the molecule is CC(C)CCN1C(=O)C(C)(C)COc2ccc(NC(=O)c3cc(=O)c4ccccc4o3)cc21. The summed E-state index contributed by atoms with van der Waals surface area (Å²) in [5.74, 6) is 0.359. The van der Waals surface area contributed by atoms with Crippen LogP contribution in [-0.4, -0.2) is 25.0 Å². The molecular weight excluding hydrogens is 420 g/mol. The maximum absolute atomic E-state index is 13.3. The van der Waals surface area contributed by atoms with Crippen molar-refractivity contribution in [2.45, 2.75) is 34.1 Å². The largest absolute Gasteiger partial charge is 0.490 e. The monoisotopic (exact) mass is 448 g/mol. The van der Waals surface area contributed by atoms with Crippen LogP contribution in [0.1, 0.15) is 44.7 Å². The molecule has 0 unspecified atom stereocenters. The van der Waals surface area contributed by atoms with Crippen molar-refractivity contribution in [1.29, 1.82) is 0 Å². The number of nitrogens with zero attached hydrogens (tertiary/aromatic N) is 1. The van der Waals surface area contributed by atoms with Gasteiger partial charge in [0.05, 0.1) is 16.5 Å². The number of rotatable bonds is 5. The molecule has 3 aromatic rings. The lowest BCUT2D eigenvalue weighted by Gasteiger charge is -2.28. The predicted octanol–water partition coefficient (Wildman–Crippen LogP) is 4.84. The topological polar surface area (TPSA) is 88.9 Å². The first-order valence-corrected chi connectivity index (χ1v) is 11.1. The molecule has 0 fully saturated rings. The zero-order chi connectivity index (χ0) is 23.8. The van der Waals surface area contributed by atoms with Gasteiger partial charge in [-0.15, -0.1) is 0 Å². The first-order chi connectivity index (χ1) is 15.7. The molecule has 172 valence electrons. The molecule has 7 nitrogen and oxygen atoms in total. The van der Waals surface area contributed by atoms with Gasteiger partial charge in [-0.1, -0.05) is 26.0 Å². The fraction of sp³-hybridized carbons (Fsp3) is 0.346. The van der Waals surface area contributed by atoms with Gasteiger partial charge < -0.3 is 19.4 Å². The van der Waals surface area contributed by atoms with Crippen molar-refractivity contribution in [3.8, 4) is 5.75 Å². The summed E-state index contributed by atoms with van der Waals surface area (Å²) < 4.78 is 11.6. The molecule has 0 atom stereocenters. The average Bonchev–Trinajstić information content (AvgIpc) is 2.86. The summed E-state index contributed by atoms with van der Waals surface area (Å²) >= 11 is 0. The second-order valence-electron chi connectivity index (χ2n) is 9.42. The third-order valence-corrected chi connectivity index (χ3v) is 5.71. The summed E-state index contributed by atoms with van der Waals surface area (Å²) in [6.07, 6.45) is 0.833. The van der Waals surface area contributed by atoms with E-state index in [1.165, 1.54) is 6.07 Å². The molecule has 0 spiro atoms. The number of hydrogen-bond acceptors (Lipinski definition) is 5. The van der Waals surface area contributed by atoms with Crippen molar-refractivity contribution in [2.75, 3.05) is 23.4 Å². The lowest BCUT2D eigenvalue weighted by molar-refractivity contribution is -0.127. The molecule has 1 aromatic heterocycles. The molecule has 1 aliphatic rings. The van der Waals surface area contributed by atoms with Crippen LogP contribution in [0.5, 0.6) is 5.75 Å². The van der Waals surface area contributed by atoms with Gasteiger partial charge >= 0.3 is 0 Å². The second-order valence-corrected chi connectivity index (χ2v) is 9.42. The molecule has 2 aromatic carbocycles. The van der Waals surface area contributed by atoms with Gasteiger partial charge in [-0.25, -0.2) is 0 Å². The van der Waals surface area contributed by atoms with Gasteiger partial charge in [-0.05, 0) is 56.5 Å². The third kappa shape index (κ3) is 4.62. The Balaban J connectivity index is 1.66. The highest BCUT2D eigenvalue weighted by Gasteiger charge is 2.37. The highest BCUT2D eigenvalue weighted by molar-refractivity contribution is 6.04. The molecule has 1 N–H and O–H groups in total. The Hall–Kier alpha value is -3.61. The smallest absolute Gasteiger partial charge is 0.291 e. The van der Waals surface area contributed by atoms with Crippen LogP contribution < -0.4 is 20.4 Å². The van der Waals surface area contributed by atoms with Crippen molar-refractivity contribution in [3.63, 3.8) is 0 Å². The van der Waals surface area contributed by atoms with Crippen molar-refractivity contribution in [2.24, 2.45) is 11.3 Å². The fourth-order valence-electron chi connectivity index (χ4n) is 3.74. The zero-order valence-electron chi connectivity index (χ0n) is 19.3. The predicted molar refractivity (Wildman–Crippen MR) is 128 cm³/mol. The number of anilines is 2. The Morgan fingerprint density at radius 1 is 1.12 bits per heavy atom. The van der Waals surface area contributed by atoms with Crippen molar-refractivity contribution in [1.82, 2.24) is 0 Å². The first-order valence-electron chi connectivity index (χ1n) is 11.1. The van der Waals surface area contributed by atoms with E-state index in [2.05, 4.69) is 19.2 Å². The number of carbonyl (C=O) groups is 2. The third-order valence-electron chi connectivity index (χ3n) is 5.71. The highest BCUT2D eigenvalue weighted by atomic mass is 16.5. The first kappa shape index (κ1) is 22.6. The number of carbonyl (C=O) groups excluding carboxylic acids is 2. The van der Waals surface area contributed by atoms with E-state index in [0.717, 1.165) is 6.42 Å². The molecule has 0 radical (unpaired) electrons. The lowest BCUT2D eigenvalue weighted by atomic mass is 9.92. The molecule has 2 amide bonds. The average molecular weight is 449 g/mol. The van der Waals surface area contributed by atoms with Crippen LogP contribution in [0.15, 0.2) is 57.7 Å².